The van der Waals surface area contributed by atoms with E-state index in [1.54, 1.807) is 36.0 Å². The first kappa shape index (κ1) is 28.7. The van der Waals surface area contributed by atoms with E-state index in [2.05, 4.69) is 0 Å². The number of ether oxygens (including phenoxy) is 3. The number of rotatable bonds is 8. The highest BCUT2D eigenvalue weighted by Gasteiger charge is 2.33. The second kappa shape index (κ2) is 12.3. The Morgan fingerprint density at radius 2 is 1.83 bits per heavy atom. The van der Waals surface area contributed by atoms with E-state index in [4.69, 9.17) is 42.4 Å². The van der Waals surface area contributed by atoms with Gasteiger partial charge in [0.25, 0.3) is 5.56 Å². The minimum atomic E-state index is -0.673. The first-order valence-electron chi connectivity index (χ1n) is 12.8. The normalized spacial score (nSPS) is 14.9. The van der Waals surface area contributed by atoms with Gasteiger partial charge in [-0.15, -0.1) is 0 Å². The lowest BCUT2D eigenvalue weighted by atomic mass is 9.95. The van der Waals surface area contributed by atoms with Crippen molar-refractivity contribution in [1.29, 1.82) is 0 Å². The number of thiazole rings is 1. The Balaban J connectivity index is 1.64. The number of methoxy groups -OCH3 is 2. The molecular formula is C31H26Cl2N2O5S. The molecule has 0 bridgehead atoms. The van der Waals surface area contributed by atoms with Crippen LogP contribution in [0.1, 0.15) is 36.1 Å². The van der Waals surface area contributed by atoms with Gasteiger partial charge in [0, 0.05) is 5.56 Å². The van der Waals surface area contributed by atoms with Crippen molar-refractivity contribution >= 4 is 46.6 Å². The zero-order chi connectivity index (χ0) is 29.1. The number of carbonyl (C=O) groups is 1. The molecule has 0 saturated heterocycles. The highest BCUT2D eigenvalue weighted by molar-refractivity contribution is 7.07. The average Bonchev–Trinajstić information content (AvgIpc) is 3.31. The number of hydrogen-bond acceptors (Lipinski definition) is 7. The zero-order valence-electron chi connectivity index (χ0n) is 22.5. The number of fused-ring (bicyclic) bond motifs is 1. The van der Waals surface area contributed by atoms with Crippen LogP contribution < -0.4 is 24.4 Å². The highest BCUT2D eigenvalue weighted by atomic mass is 35.5. The highest BCUT2D eigenvalue weighted by Crippen LogP contribution is 2.34. The molecule has 0 spiro atoms. The number of esters is 1. The van der Waals surface area contributed by atoms with Crippen molar-refractivity contribution < 1.29 is 19.0 Å². The van der Waals surface area contributed by atoms with Crippen LogP contribution in [0.5, 0.6) is 11.5 Å². The van der Waals surface area contributed by atoms with Crippen LogP contribution >= 0.6 is 34.5 Å². The predicted octanol–water partition coefficient (Wildman–Crippen LogP) is 5.69. The van der Waals surface area contributed by atoms with Gasteiger partial charge in [-0.25, -0.2) is 9.79 Å². The number of carbonyl (C=O) groups excluding carboxylic acids is 1. The lowest BCUT2D eigenvalue weighted by Gasteiger charge is -2.25. The number of hydrogen-bond donors (Lipinski definition) is 0. The summed E-state index contributed by atoms with van der Waals surface area (Å²) in [5.74, 6) is 0.463. The maximum atomic E-state index is 14.0. The van der Waals surface area contributed by atoms with Gasteiger partial charge in [0.05, 0.1) is 46.1 Å². The largest absolute Gasteiger partial charge is 0.493 e. The number of para-hydroxylation sites is 1. The van der Waals surface area contributed by atoms with Crippen molar-refractivity contribution in [2.45, 2.75) is 26.0 Å². The van der Waals surface area contributed by atoms with Gasteiger partial charge in [0.1, 0.15) is 6.61 Å². The molecule has 0 saturated carbocycles. The van der Waals surface area contributed by atoms with Crippen molar-refractivity contribution in [3.05, 3.63) is 124 Å². The van der Waals surface area contributed by atoms with E-state index in [0.29, 0.717) is 54.1 Å². The summed E-state index contributed by atoms with van der Waals surface area (Å²) in [5, 5.41) is 0.888. The summed E-state index contributed by atoms with van der Waals surface area (Å²) in [4.78, 5) is 32.2. The summed E-state index contributed by atoms with van der Waals surface area (Å²) >= 11 is 13.5. The van der Waals surface area contributed by atoms with Gasteiger partial charge in [0.2, 0.25) is 0 Å². The van der Waals surface area contributed by atoms with Crippen molar-refractivity contribution in [1.82, 2.24) is 4.57 Å². The molecule has 0 fully saturated rings. The first-order chi connectivity index (χ1) is 19.9. The third-order valence-corrected chi connectivity index (χ3v) is 8.37. The Hall–Kier alpha value is -3.85. The van der Waals surface area contributed by atoms with E-state index in [0.717, 1.165) is 11.1 Å². The molecule has 4 aromatic rings. The molecule has 10 heteroatoms. The Kier molecular flexibility index (Phi) is 8.63. The maximum absolute atomic E-state index is 14.0. The average molecular weight is 610 g/mol. The molecule has 1 atom stereocenters. The van der Waals surface area contributed by atoms with Crippen LogP contribution in [0.2, 0.25) is 10.0 Å². The molecule has 41 heavy (non-hydrogen) atoms. The Labute approximate surface area is 250 Å². The minimum Gasteiger partial charge on any atom is -0.493 e. The van der Waals surface area contributed by atoms with Crippen LogP contribution in [-0.4, -0.2) is 24.8 Å². The molecule has 0 N–H and O–H groups in total. The van der Waals surface area contributed by atoms with Crippen LogP contribution in [-0.2, 0) is 16.1 Å². The Bertz CT molecular complexity index is 1830. The number of nitrogens with zero attached hydrogens (tertiary/aromatic N) is 2. The van der Waals surface area contributed by atoms with Gasteiger partial charge in [0.15, 0.2) is 16.3 Å². The fraction of sp³-hybridized carbons (Fsp3) is 0.194. The number of aromatic nitrogens is 1. The SMILES string of the molecule is CCC1=C(C(=O)OC)[C@@H](c2ccccc2)n2c(s/c(=C/c3cccc(OC)c3OCc3ccc(Cl)c(Cl)c3)c2=O)=N1. The maximum Gasteiger partial charge on any atom is 0.338 e. The monoisotopic (exact) mass is 608 g/mol. The van der Waals surface area contributed by atoms with Gasteiger partial charge in [-0.2, -0.15) is 0 Å². The number of allylic oxidation sites excluding steroid dienone is 1. The molecule has 1 aromatic heterocycles. The van der Waals surface area contributed by atoms with E-state index < -0.39 is 12.0 Å². The Morgan fingerprint density at radius 1 is 1.05 bits per heavy atom. The van der Waals surface area contributed by atoms with Gasteiger partial charge in [-0.1, -0.05) is 90.0 Å². The van der Waals surface area contributed by atoms with Crippen molar-refractivity contribution in [3.8, 4) is 11.5 Å². The topological polar surface area (TPSA) is 79.1 Å². The summed E-state index contributed by atoms with van der Waals surface area (Å²) in [6, 6.07) is 19.5. The second-order valence-corrected chi connectivity index (χ2v) is 10.9. The van der Waals surface area contributed by atoms with Crippen LogP contribution in [0.3, 0.4) is 0 Å². The lowest BCUT2D eigenvalue weighted by Crippen LogP contribution is -2.40. The summed E-state index contributed by atoms with van der Waals surface area (Å²) in [5.41, 5.74) is 2.92. The van der Waals surface area contributed by atoms with Crippen LogP contribution in [0.4, 0.5) is 0 Å². The third-order valence-electron chi connectivity index (χ3n) is 6.65. The predicted molar refractivity (Wildman–Crippen MR) is 161 cm³/mol. The quantitative estimate of drug-likeness (QED) is 0.240. The second-order valence-electron chi connectivity index (χ2n) is 9.11. The lowest BCUT2D eigenvalue weighted by molar-refractivity contribution is -0.136. The Morgan fingerprint density at radius 3 is 2.51 bits per heavy atom. The molecule has 0 unspecified atom stereocenters. The molecule has 1 aliphatic heterocycles. The van der Waals surface area contributed by atoms with Crippen LogP contribution in [0, 0.1) is 0 Å². The molecule has 0 amide bonds. The van der Waals surface area contributed by atoms with Gasteiger partial charge >= 0.3 is 5.97 Å². The molecule has 2 heterocycles. The van der Waals surface area contributed by atoms with Gasteiger partial charge in [-0.05, 0) is 41.8 Å². The molecule has 210 valence electrons. The molecule has 1 aliphatic rings. The van der Waals surface area contributed by atoms with Gasteiger partial charge < -0.3 is 14.2 Å². The first-order valence-corrected chi connectivity index (χ1v) is 14.3. The number of halogens is 2. The van der Waals surface area contributed by atoms with E-state index >= 15 is 0 Å². The molecule has 5 rings (SSSR count). The van der Waals surface area contributed by atoms with Crippen molar-refractivity contribution in [2.75, 3.05) is 14.2 Å². The fourth-order valence-electron chi connectivity index (χ4n) is 4.70. The van der Waals surface area contributed by atoms with Crippen LogP contribution in [0.25, 0.3) is 6.08 Å². The van der Waals surface area contributed by atoms with Crippen molar-refractivity contribution in [3.63, 3.8) is 0 Å². The molecule has 3 aromatic carbocycles. The van der Waals surface area contributed by atoms with Crippen LogP contribution in [0.15, 0.2) is 87.8 Å². The van der Waals surface area contributed by atoms with Gasteiger partial charge in [-0.3, -0.25) is 9.36 Å². The van der Waals surface area contributed by atoms with E-state index in [1.807, 2.05) is 55.5 Å². The zero-order valence-corrected chi connectivity index (χ0v) is 24.8. The van der Waals surface area contributed by atoms with E-state index in [1.165, 1.54) is 18.4 Å². The molecule has 0 aliphatic carbocycles. The van der Waals surface area contributed by atoms with Crippen molar-refractivity contribution in [2.24, 2.45) is 4.99 Å². The summed E-state index contributed by atoms with van der Waals surface area (Å²) in [6.07, 6.45) is 2.26. The van der Waals surface area contributed by atoms with E-state index in [9.17, 15) is 9.59 Å². The van der Waals surface area contributed by atoms with E-state index in [-0.39, 0.29) is 12.2 Å². The fourth-order valence-corrected chi connectivity index (χ4v) is 6.03. The standard InChI is InChI=1S/C31H26Cl2N2O5S/c1-4-23-26(30(37)39-3)27(19-9-6-5-7-10-19)35-29(36)25(41-31(35)34-23)16-20-11-8-12-24(38-2)28(20)40-17-18-13-14-21(32)22(33)15-18/h5-16,27H,4,17H2,1-3H3/b25-16+/t27-/m1/s1. The third kappa shape index (κ3) is 5.68. The summed E-state index contributed by atoms with van der Waals surface area (Å²) in [6.45, 7) is 2.13. The summed E-state index contributed by atoms with van der Waals surface area (Å²) in [7, 11) is 2.89. The smallest absolute Gasteiger partial charge is 0.338 e. The summed E-state index contributed by atoms with van der Waals surface area (Å²) < 4.78 is 18.9. The molecule has 7 nitrogen and oxygen atoms in total. The number of benzene rings is 3. The molecule has 0 radical (unpaired) electrons. The minimum absolute atomic E-state index is 0.204. The molecular weight excluding hydrogens is 583 g/mol.